The number of hydrazone groups is 2. The second kappa shape index (κ2) is 17.8. The molecular formula is C36H35Cl3N10O2. The van der Waals surface area contributed by atoms with Crippen LogP contribution in [0.4, 0.5) is 11.8 Å². The number of nitrogens with one attached hydrogen (secondary N) is 2. The van der Waals surface area contributed by atoms with Crippen LogP contribution in [-0.4, -0.2) is 31.5 Å². The third kappa shape index (κ3) is 9.31. The summed E-state index contributed by atoms with van der Waals surface area (Å²) in [5, 5.41) is 8.58. The Balaban J connectivity index is 0.00000194. The Bertz CT molecular complexity index is 2080. The molecule has 0 bridgehead atoms. The van der Waals surface area contributed by atoms with Crippen molar-refractivity contribution in [1.29, 1.82) is 0 Å². The van der Waals surface area contributed by atoms with Crippen LogP contribution in [0.2, 0.25) is 0 Å². The molecule has 0 aliphatic heterocycles. The fourth-order valence-electron chi connectivity index (χ4n) is 5.17. The van der Waals surface area contributed by atoms with Crippen molar-refractivity contribution in [1.82, 2.24) is 19.1 Å². The summed E-state index contributed by atoms with van der Waals surface area (Å²) in [6.45, 7) is 0.932. The van der Waals surface area contributed by atoms with Crippen LogP contribution in [0.1, 0.15) is 22.5 Å². The summed E-state index contributed by atoms with van der Waals surface area (Å²) in [5.41, 5.74) is 12.0. The minimum Gasteiger partial charge on any atom is -1.00 e. The number of rotatable bonds is 12. The van der Waals surface area contributed by atoms with Gasteiger partial charge < -0.3 is 34.3 Å². The number of fused-ring (bicyclic) bond motifs is 2. The predicted molar refractivity (Wildman–Crippen MR) is 190 cm³/mol. The maximum Gasteiger partial charge on any atom is 0.286 e. The number of halogens is 3. The van der Waals surface area contributed by atoms with Gasteiger partial charge in [-0.25, -0.2) is 28.3 Å². The van der Waals surface area contributed by atoms with E-state index in [1.54, 1.807) is 24.7 Å². The lowest BCUT2D eigenvalue weighted by atomic mass is 10.2. The second-order valence-electron chi connectivity index (χ2n) is 11.0. The molecule has 0 aliphatic carbocycles. The van der Waals surface area contributed by atoms with E-state index in [2.05, 4.69) is 73.5 Å². The third-order valence-corrected chi connectivity index (χ3v) is 7.82. The summed E-state index contributed by atoms with van der Waals surface area (Å²) in [6, 6.07) is 29.4. The number of ether oxygens (including phenoxy) is 2. The number of pyridine rings is 2. The lowest BCUT2D eigenvalue weighted by molar-refractivity contribution is -0.511. The summed E-state index contributed by atoms with van der Waals surface area (Å²) in [6.07, 6.45) is 13.2. The Morgan fingerprint density at radius 1 is 0.667 bits per heavy atom. The van der Waals surface area contributed by atoms with Crippen molar-refractivity contribution in [2.45, 2.75) is 13.2 Å². The lowest BCUT2D eigenvalue weighted by Gasteiger charge is -2.05. The van der Waals surface area contributed by atoms with E-state index < -0.39 is 0 Å². The fraction of sp³-hybridized carbons (Fsp3) is 0.111. The average molecular weight is 746 g/mol. The van der Waals surface area contributed by atoms with Crippen molar-refractivity contribution in [3.8, 4) is 11.5 Å². The summed E-state index contributed by atoms with van der Waals surface area (Å²) < 4.78 is 20.4. The Labute approximate surface area is 313 Å². The van der Waals surface area contributed by atoms with Crippen LogP contribution in [0.3, 0.4) is 0 Å². The van der Waals surface area contributed by atoms with E-state index in [0.717, 1.165) is 45.3 Å². The highest BCUT2D eigenvalue weighted by atomic mass is 35.5. The summed E-state index contributed by atoms with van der Waals surface area (Å²) in [4.78, 5) is 8.63. The van der Waals surface area contributed by atoms with Crippen LogP contribution in [-0.2, 0) is 27.3 Å². The standard InChI is InChI=1S/C36H34N10O2.3ClH/c1-43-29(23-45-19-5-3-7-34(43)45)25-47-31-13-9-27(10-14-31)21-38-41-33-17-18-37-36(40-33)42-39-22-28-11-15-32(16-12-28)48-26-30-24-46-20-6-4-8-35(46)44(30)2;;;/h3-24H,25-26H2,1-2H3,(H2,37,40,41,42);3*1H/q+2;;;/p-2/b38-21+,39-22+;;;. The van der Waals surface area contributed by atoms with Crippen LogP contribution in [0.5, 0.6) is 11.5 Å². The first kappa shape index (κ1) is 38.1. The number of aromatic nitrogens is 6. The number of imidazole rings is 2. The molecule has 0 fully saturated rings. The number of hydrogen-bond acceptors (Lipinski definition) is 8. The molecule has 15 heteroatoms. The van der Waals surface area contributed by atoms with Gasteiger partial charge in [-0.15, -0.1) is 12.4 Å². The number of aryl methyl sites for hydroxylation is 2. The van der Waals surface area contributed by atoms with Crippen molar-refractivity contribution in [2.24, 2.45) is 24.3 Å². The van der Waals surface area contributed by atoms with Gasteiger partial charge in [-0.05, 0) is 71.8 Å². The molecular weight excluding hydrogens is 711 g/mol. The minimum atomic E-state index is 0. The first-order valence-corrected chi connectivity index (χ1v) is 15.4. The van der Waals surface area contributed by atoms with E-state index in [0.29, 0.717) is 25.0 Å². The molecule has 5 heterocycles. The van der Waals surface area contributed by atoms with Crippen molar-refractivity contribution in [3.05, 3.63) is 144 Å². The number of benzene rings is 2. The fourth-order valence-corrected chi connectivity index (χ4v) is 5.17. The molecule has 0 spiro atoms. The summed E-state index contributed by atoms with van der Waals surface area (Å²) in [7, 11) is 4.07. The molecule has 12 nitrogen and oxygen atoms in total. The van der Waals surface area contributed by atoms with Gasteiger partial charge in [0.25, 0.3) is 11.3 Å². The molecule has 7 rings (SSSR count). The van der Waals surface area contributed by atoms with Crippen LogP contribution in [0.15, 0.2) is 132 Å². The van der Waals surface area contributed by atoms with Crippen LogP contribution < -0.4 is 53.9 Å². The Kier molecular flexibility index (Phi) is 13.3. The maximum atomic E-state index is 6.01. The Morgan fingerprint density at radius 3 is 1.65 bits per heavy atom. The molecule has 0 atom stereocenters. The number of nitrogens with zero attached hydrogens (tertiary/aromatic N) is 8. The van der Waals surface area contributed by atoms with Gasteiger partial charge in [0.15, 0.2) is 30.4 Å². The van der Waals surface area contributed by atoms with Crippen LogP contribution in [0, 0.1) is 0 Å². The van der Waals surface area contributed by atoms with Crippen molar-refractivity contribution in [3.63, 3.8) is 0 Å². The van der Waals surface area contributed by atoms with Gasteiger partial charge in [-0.3, -0.25) is 5.43 Å². The van der Waals surface area contributed by atoms with Gasteiger partial charge in [0, 0.05) is 24.4 Å². The smallest absolute Gasteiger partial charge is 0.286 e. The van der Waals surface area contributed by atoms with Crippen molar-refractivity contribution in [2.75, 3.05) is 10.9 Å². The van der Waals surface area contributed by atoms with Crippen molar-refractivity contribution >= 4 is 47.9 Å². The van der Waals surface area contributed by atoms with E-state index in [-0.39, 0.29) is 37.2 Å². The summed E-state index contributed by atoms with van der Waals surface area (Å²) in [5.74, 6) is 2.42. The summed E-state index contributed by atoms with van der Waals surface area (Å²) >= 11 is 0. The SMILES string of the molecule is Cl.Cn1c(COc2ccc(/C=N/Nc3ccnc(N/N=C/c4ccc(OCc5c[n+]6ccccc6n5C)cc4)n3)cc2)c[n+]2ccccc12.[Cl-].[Cl-]. The predicted octanol–water partition coefficient (Wildman–Crippen LogP) is -0.889. The average Bonchev–Trinajstić information content (AvgIpc) is 3.63. The van der Waals surface area contributed by atoms with Crippen LogP contribution in [0.25, 0.3) is 11.3 Å². The highest BCUT2D eigenvalue weighted by Crippen LogP contribution is 2.16. The van der Waals surface area contributed by atoms with E-state index in [1.807, 2.05) is 99.3 Å². The van der Waals surface area contributed by atoms with Gasteiger partial charge in [-0.1, -0.05) is 12.1 Å². The molecule has 2 N–H and O–H groups in total. The normalized spacial score (nSPS) is 10.9. The highest BCUT2D eigenvalue weighted by molar-refractivity contribution is 5.85. The highest BCUT2D eigenvalue weighted by Gasteiger charge is 2.15. The van der Waals surface area contributed by atoms with E-state index in [4.69, 9.17) is 9.47 Å². The quantitative estimate of drug-likeness (QED) is 0.0956. The van der Waals surface area contributed by atoms with E-state index in [1.165, 1.54) is 0 Å². The van der Waals surface area contributed by atoms with E-state index >= 15 is 0 Å². The Morgan fingerprint density at radius 2 is 1.16 bits per heavy atom. The molecule has 0 radical (unpaired) electrons. The zero-order valence-electron chi connectivity index (χ0n) is 27.7. The van der Waals surface area contributed by atoms with Gasteiger partial charge in [0.2, 0.25) is 5.95 Å². The monoisotopic (exact) mass is 744 g/mol. The molecule has 2 aromatic carbocycles. The topological polar surface area (TPSA) is 111 Å². The zero-order chi connectivity index (χ0) is 32.7. The molecule has 5 aromatic heterocycles. The molecule has 0 saturated carbocycles. The molecule has 0 unspecified atom stereocenters. The first-order chi connectivity index (χ1) is 23.6. The van der Waals surface area contributed by atoms with Gasteiger partial charge in [0.05, 0.1) is 38.9 Å². The molecule has 0 aliphatic rings. The van der Waals surface area contributed by atoms with Crippen LogP contribution >= 0.6 is 12.4 Å². The first-order valence-electron chi connectivity index (χ1n) is 15.4. The molecule has 0 saturated heterocycles. The van der Waals surface area contributed by atoms with Gasteiger partial charge in [0.1, 0.15) is 23.9 Å². The zero-order valence-corrected chi connectivity index (χ0v) is 30.0. The molecule has 7 aromatic rings. The Hall–Kier alpha value is -5.69. The van der Waals surface area contributed by atoms with Gasteiger partial charge in [-0.2, -0.15) is 15.2 Å². The van der Waals surface area contributed by atoms with E-state index in [9.17, 15) is 0 Å². The van der Waals surface area contributed by atoms with Crippen molar-refractivity contribution < 1.29 is 43.1 Å². The number of hydrogen-bond donors (Lipinski definition) is 2. The number of anilines is 2. The molecule has 51 heavy (non-hydrogen) atoms. The second-order valence-corrected chi connectivity index (χ2v) is 11.0. The maximum absolute atomic E-state index is 6.01. The molecule has 0 amide bonds. The largest absolute Gasteiger partial charge is 1.00 e. The third-order valence-electron chi connectivity index (χ3n) is 7.82. The van der Waals surface area contributed by atoms with Gasteiger partial charge >= 0.3 is 0 Å². The lowest BCUT2D eigenvalue weighted by Crippen LogP contribution is -3.00. The molecule has 262 valence electrons. The minimum absolute atomic E-state index is 0.